The Morgan fingerprint density at radius 1 is 0.881 bits per heavy atom. The largest absolute Gasteiger partial charge is 0.497 e. The second kappa shape index (κ2) is 13.9. The lowest BCUT2D eigenvalue weighted by Crippen LogP contribution is -2.53. The molecule has 1 aliphatic carbocycles. The maximum absolute atomic E-state index is 14.1. The summed E-state index contributed by atoms with van der Waals surface area (Å²) in [7, 11) is -2.51. The molecule has 0 heterocycles. The number of sulfonamides is 1. The van der Waals surface area contributed by atoms with Gasteiger partial charge in [-0.25, -0.2) is 8.42 Å². The molecule has 42 heavy (non-hydrogen) atoms. The maximum atomic E-state index is 14.1. The summed E-state index contributed by atoms with van der Waals surface area (Å²) in [5.74, 6) is -0.0464. The number of amides is 2. The Kier molecular flexibility index (Phi) is 10.3. The number of nitrogens with one attached hydrogen (secondary N) is 1. The van der Waals surface area contributed by atoms with Gasteiger partial charge in [0.2, 0.25) is 11.8 Å². The Balaban J connectivity index is 1.66. The zero-order chi connectivity index (χ0) is 30.3. The van der Waals surface area contributed by atoms with E-state index >= 15 is 0 Å². The molecule has 4 rings (SSSR count). The van der Waals surface area contributed by atoms with E-state index in [1.807, 2.05) is 38.1 Å². The number of carbonyl (C=O) groups excluding carboxylic acids is 2. The fourth-order valence-electron chi connectivity index (χ4n) is 5.16. The van der Waals surface area contributed by atoms with Crippen LogP contribution < -0.4 is 14.4 Å². The first kappa shape index (κ1) is 31.1. The van der Waals surface area contributed by atoms with Crippen molar-refractivity contribution in [3.63, 3.8) is 0 Å². The highest BCUT2D eigenvalue weighted by atomic mass is 32.2. The van der Waals surface area contributed by atoms with Crippen LogP contribution >= 0.6 is 0 Å². The van der Waals surface area contributed by atoms with Crippen LogP contribution in [0.5, 0.6) is 5.75 Å². The van der Waals surface area contributed by atoms with E-state index in [0.29, 0.717) is 11.4 Å². The Labute approximate surface area is 249 Å². The molecule has 2 amide bonds. The minimum atomic E-state index is -4.09. The van der Waals surface area contributed by atoms with E-state index in [4.69, 9.17) is 4.74 Å². The van der Waals surface area contributed by atoms with Crippen LogP contribution in [0.25, 0.3) is 0 Å². The van der Waals surface area contributed by atoms with E-state index < -0.39 is 28.5 Å². The molecule has 1 atom stereocenters. The molecule has 0 aromatic heterocycles. The number of aryl methyl sites for hydroxylation is 2. The van der Waals surface area contributed by atoms with Gasteiger partial charge < -0.3 is 15.0 Å². The molecular formula is C33H41N3O5S. The Bertz CT molecular complexity index is 1450. The van der Waals surface area contributed by atoms with Gasteiger partial charge in [-0.15, -0.1) is 0 Å². The SMILES string of the molecule is COc1ccc(CN(C(=O)CN(c2ccc(C)cc2)S(=O)(=O)c2ccc(C)cc2)C(C)C(=O)NC2CCCCC2)cc1. The van der Waals surface area contributed by atoms with Crippen LogP contribution in [0.1, 0.15) is 55.7 Å². The van der Waals surface area contributed by atoms with Gasteiger partial charge in [0.1, 0.15) is 18.3 Å². The third-order valence-electron chi connectivity index (χ3n) is 7.84. The first-order valence-electron chi connectivity index (χ1n) is 14.5. The number of benzene rings is 3. The normalized spacial score (nSPS) is 14.6. The molecule has 1 saturated carbocycles. The molecule has 224 valence electrons. The number of anilines is 1. The molecule has 1 unspecified atom stereocenters. The van der Waals surface area contributed by atoms with E-state index in [1.54, 1.807) is 62.6 Å². The van der Waals surface area contributed by atoms with Gasteiger partial charge >= 0.3 is 0 Å². The zero-order valence-corrected chi connectivity index (χ0v) is 25.7. The first-order valence-corrected chi connectivity index (χ1v) is 15.9. The molecule has 0 radical (unpaired) electrons. The molecule has 0 saturated heterocycles. The lowest BCUT2D eigenvalue weighted by molar-refractivity contribution is -0.139. The highest BCUT2D eigenvalue weighted by molar-refractivity contribution is 7.92. The number of rotatable bonds is 11. The van der Waals surface area contributed by atoms with E-state index in [9.17, 15) is 18.0 Å². The quantitative estimate of drug-likeness (QED) is 0.323. The lowest BCUT2D eigenvalue weighted by atomic mass is 9.95. The van der Waals surface area contributed by atoms with Gasteiger partial charge in [0.05, 0.1) is 17.7 Å². The minimum Gasteiger partial charge on any atom is -0.497 e. The van der Waals surface area contributed by atoms with Crippen LogP contribution in [-0.4, -0.2) is 50.9 Å². The molecule has 3 aromatic rings. The van der Waals surface area contributed by atoms with Gasteiger partial charge in [0.25, 0.3) is 10.0 Å². The summed E-state index contributed by atoms with van der Waals surface area (Å²) in [5.41, 5.74) is 3.06. The second-order valence-corrected chi connectivity index (χ2v) is 12.9. The van der Waals surface area contributed by atoms with Crippen LogP contribution in [0.4, 0.5) is 5.69 Å². The van der Waals surface area contributed by atoms with Crippen LogP contribution in [0.3, 0.4) is 0 Å². The molecular weight excluding hydrogens is 550 g/mol. The van der Waals surface area contributed by atoms with Crippen LogP contribution in [0.15, 0.2) is 77.7 Å². The Morgan fingerprint density at radius 2 is 1.45 bits per heavy atom. The topological polar surface area (TPSA) is 96.0 Å². The van der Waals surface area contributed by atoms with Gasteiger partial charge in [0, 0.05) is 12.6 Å². The molecule has 8 nitrogen and oxygen atoms in total. The van der Waals surface area contributed by atoms with Crippen LogP contribution in [-0.2, 0) is 26.2 Å². The number of hydrogen-bond acceptors (Lipinski definition) is 5. The lowest BCUT2D eigenvalue weighted by Gasteiger charge is -2.33. The number of nitrogens with zero attached hydrogens (tertiary/aromatic N) is 2. The number of carbonyl (C=O) groups is 2. The second-order valence-electron chi connectivity index (χ2n) is 11.0. The monoisotopic (exact) mass is 591 g/mol. The fraction of sp³-hybridized carbons (Fsp3) is 0.394. The van der Waals surface area contributed by atoms with Gasteiger partial charge in [-0.05, 0) is 75.6 Å². The molecule has 9 heteroatoms. The molecule has 0 spiro atoms. The van der Waals surface area contributed by atoms with Crippen molar-refractivity contribution in [2.24, 2.45) is 0 Å². The van der Waals surface area contributed by atoms with Crippen LogP contribution in [0, 0.1) is 13.8 Å². The van der Waals surface area contributed by atoms with Crippen molar-refractivity contribution in [2.45, 2.75) is 76.4 Å². The average molecular weight is 592 g/mol. The van der Waals surface area contributed by atoms with Crippen molar-refractivity contribution in [2.75, 3.05) is 18.0 Å². The molecule has 1 fully saturated rings. The van der Waals surface area contributed by atoms with E-state index in [0.717, 1.165) is 53.1 Å². The van der Waals surface area contributed by atoms with E-state index in [1.165, 1.54) is 4.90 Å². The van der Waals surface area contributed by atoms with Gasteiger partial charge in [-0.2, -0.15) is 0 Å². The summed E-state index contributed by atoms with van der Waals surface area (Å²) in [5, 5.41) is 3.13. The molecule has 0 aliphatic heterocycles. The van der Waals surface area contributed by atoms with Crippen molar-refractivity contribution in [3.05, 3.63) is 89.5 Å². The van der Waals surface area contributed by atoms with Crippen LogP contribution in [0.2, 0.25) is 0 Å². The summed E-state index contributed by atoms with van der Waals surface area (Å²) in [6.45, 7) is 5.17. The maximum Gasteiger partial charge on any atom is 0.264 e. The van der Waals surface area contributed by atoms with Crippen molar-refractivity contribution in [3.8, 4) is 5.75 Å². The average Bonchev–Trinajstić information content (AvgIpc) is 2.99. The molecule has 1 aliphatic rings. The van der Waals surface area contributed by atoms with E-state index in [2.05, 4.69) is 5.32 Å². The smallest absolute Gasteiger partial charge is 0.264 e. The third-order valence-corrected chi connectivity index (χ3v) is 9.63. The Morgan fingerprint density at radius 3 is 2.02 bits per heavy atom. The van der Waals surface area contributed by atoms with Gasteiger partial charge in [-0.1, -0.05) is 66.8 Å². The van der Waals surface area contributed by atoms with Crippen molar-refractivity contribution in [1.82, 2.24) is 10.2 Å². The van der Waals surface area contributed by atoms with Gasteiger partial charge in [0.15, 0.2) is 0 Å². The number of methoxy groups -OCH3 is 1. The predicted molar refractivity (Wildman–Crippen MR) is 165 cm³/mol. The molecule has 1 N–H and O–H groups in total. The number of ether oxygens (including phenoxy) is 1. The predicted octanol–water partition coefficient (Wildman–Crippen LogP) is 5.37. The highest BCUT2D eigenvalue weighted by Gasteiger charge is 2.33. The van der Waals surface area contributed by atoms with E-state index in [-0.39, 0.29) is 23.4 Å². The summed E-state index contributed by atoms with van der Waals surface area (Å²) in [4.78, 5) is 29.1. The van der Waals surface area contributed by atoms with Crippen molar-refractivity contribution in [1.29, 1.82) is 0 Å². The summed E-state index contributed by atoms with van der Waals surface area (Å²) >= 11 is 0. The van der Waals surface area contributed by atoms with Gasteiger partial charge in [-0.3, -0.25) is 13.9 Å². The molecule has 3 aromatic carbocycles. The van der Waals surface area contributed by atoms with Crippen molar-refractivity contribution < 1.29 is 22.7 Å². The number of hydrogen-bond donors (Lipinski definition) is 1. The fourth-order valence-corrected chi connectivity index (χ4v) is 6.57. The zero-order valence-electron chi connectivity index (χ0n) is 24.9. The minimum absolute atomic E-state index is 0.0811. The third kappa shape index (κ3) is 7.70. The standard InChI is InChI=1S/C33H41N3O5S/c1-24-10-16-29(17-11-24)36(42(39,40)31-20-12-25(2)13-21-31)23-32(37)35(22-27-14-18-30(41-4)19-15-27)26(3)33(38)34-28-8-6-5-7-9-28/h10-21,26,28H,5-9,22-23H2,1-4H3,(H,34,38). The molecule has 0 bridgehead atoms. The Hall–Kier alpha value is -3.85. The first-order chi connectivity index (χ1) is 20.1. The summed E-state index contributed by atoms with van der Waals surface area (Å²) in [6, 6.07) is 20.1. The summed E-state index contributed by atoms with van der Waals surface area (Å²) < 4.78 is 34.3. The highest BCUT2D eigenvalue weighted by Crippen LogP contribution is 2.26. The summed E-state index contributed by atoms with van der Waals surface area (Å²) in [6.07, 6.45) is 5.13. The van der Waals surface area contributed by atoms with Crippen molar-refractivity contribution >= 4 is 27.5 Å².